The summed E-state index contributed by atoms with van der Waals surface area (Å²) in [5.74, 6) is 1.67. The highest BCUT2D eigenvalue weighted by atomic mass is 32.2. The Morgan fingerprint density at radius 1 is 1.35 bits per heavy atom. The van der Waals surface area contributed by atoms with Crippen molar-refractivity contribution in [1.82, 2.24) is 0 Å². The maximum atomic E-state index is 10.9. The van der Waals surface area contributed by atoms with E-state index in [2.05, 4.69) is 4.74 Å². The van der Waals surface area contributed by atoms with E-state index in [-0.39, 0.29) is 12.8 Å². The van der Waals surface area contributed by atoms with Crippen molar-refractivity contribution >= 4 is 17.7 Å². The molecule has 0 aliphatic heterocycles. The molecular weight excluding hydrogens is 240 g/mol. The van der Waals surface area contributed by atoms with Gasteiger partial charge in [0.15, 0.2) is 6.79 Å². The number of methoxy groups -OCH3 is 2. The van der Waals surface area contributed by atoms with Crippen molar-refractivity contribution in [2.24, 2.45) is 0 Å². The fourth-order valence-electron chi connectivity index (χ4n) is 1.16. The molecule has 0 spiro atoms. The maximum Gasteiger partial charge on any atom is 0.315 e. The van der Waals surface area contributed by atoms with Gasteiger partial charge >= 0.3 is 5.97 Å². The molecule has 0 saturated carbocycles. The average molecular weight is 256 g/mol. The molecule has 17 heavy (non-hydrogen) atoms. The van der Waals surface area contributed by atoms with Gasteiger partial charge in [-0.1, -0.05) is 12.1 Å². The molecule has 0 aliphatic carbocycles. The molecule has 0 aromatic heterocycles. The zero-order valence-corrected chi connectivity index (χ0v) is 10.8. The van der Waals surface area contributed by atoms with E-state index in [1.807, 2.05) is 24.3 Å². The average Bonchev–Trinajstić information content (AvgIpc) is 2.36. The Labute approximate surface area is 105 Å². The highest BCUT2D eigenvalue weighted by Gasteiger charge is 2.02. The molecule has 0 saturated heterocycles. The van der Waals surface area contributed by atoms with Gasteiger partial charge in [0, 0.05) is 12.9 Å². The minimum absolute atomic E-state index is 0.207. The first-order valence-electron chi connectivity index (χ1n) is 5.11. The van der Waals surface area contributed by atoms with Crippen LogP contribution in [0.2, 0.25) is 0 Å². The number of hydrogen-bond acceptors (Lipinski definition) is 5. The highest BCUT2D eigenvalue weighted by Crippen LogP contribution is 2.18. The van der Waals surface area contributed by atoms with Gasteiger partial charge in [0.25, 0.3) is 0 Å². The van der Waals surface area contributed by atoms with Crippen molar-refractivity contribution < 1.29 is 19.0 Å². The molecule has 1 aromatic rings. The smallest absolute Gasteiger partial charge is 0.315 e. The van der Waals surface area contributed by atoms with Crippen LogP contribution in [0.15, 0.2) is 24.3 Å². The Kier molecular flexibility index (Phi) is 6.50. The van der Waals surface area contributed by atoms with Crippen LogP contribution in [0.5, 0.6) is 5.75 Å². The second-order valence-electron chi connectivity index (χ2n) is 3.27. The van der Waals surface area contributed by atoms with Crippen LogP contribution in [0.1, 0.15) is 5.56 Å². The molecule has 0 radical (unpaired) electrons. The van der Waals surface area contributed by atoms with Gasteiger partial charge in [-0.15, -0.1) is 11.8 Å². The van der Waals surface area contributed by atoms with Crippen molar-refractivity contribution in [3.8, 4) is 5.75 Å². The van der Waals surface area contributed by atoms with E-state index in [1.54, 1.807) is 7.11 Å². The quantitative estimate of drug-likeness (QED) is 0.552. The summed E-state index contributed by atoms with van der Waals surface area (Å²) in [5, 5.41) is 0. The van der Waals surface area contributed by atoms with E-state index in [0.717, 1.165) is 17.1 Å². The molecule has 0 aliphatic rings. The van der Waals surface area contributed by atoms with Gasteiger partial charge in [-0.2, -0.15) is 0 Å². The van der Waals surface area contributed by atoms with Gasteiger partial charge < -0.3 is 14.2 Å². The molecule has 4 nitrogen and oxygen atoms in total. The predicted molar refractivity (Wildman–Crippen MR) is 67.1 cm³/mol. The van der Waals surface area contributed by atoms with Gasteiger partial charge in [0.1, 0.15) is 5.75 Å². The first-order chi connectivity index (χ1) is 8.26. The summed E-state index contributed by atoms with van der Waals surface area (Å²) in [7, 11) is 2.97. The third-order valence-corrected chi connectivity index (χ3v) is 2.94. The molecule has 94 valence electrons. The standard InChI is InChI=1S/C12H16O4S/c1-14-9-16-11-5-3-4-10(6-11)7-17-8-12(13)15-2/h3-6H,7-9H2,1-2H3. The Hall–Kier alpha value is -1.20. The zero-order chi connectivity index (χ0) is 12.5. The molecule has 1 rings (SSSR count). The number of esters is 1. The monoisotopic (exact) mass is 256 g/mol. The molecule has 0 unspecified atom stereocenters. The molecule has 0 heterocycles. The van der Waals surface area contributed by atoms with Crippen LogP contribution in [-0.4, -0.2) is 32.7 Å². The van der Waals surface area contributed by atoms with Gasteiger partial charge in [-0.25, -0.2) is 0 Å². The molecule has 0 N–H and O–H groups in total. The summed E-state index contributed by atoms with van der Waals surface area (Å²) in [4.78, 5) is 10.9. The summed E-state index contributed by atoms with van der Waals surface area (Å²) < 4.78 is 14.7. The van der Waals surface area contributed by atoms with Gasteiger partial charge in [0.2, 0.25) is 0 Å². The number of hydrogen-bond donors (Lipinski definition) is 0. The minimum Gasteiger partial charge on any atom is -0.468 e. The summed E-state index contributed by atoms with van der Waals surface area (Å²) in [6.45, 7) is 0.235. The van der Waals surface area contributed by atoms with E-state index in [4.69, 9.17) is 9.47 Å². The molecule has 0 bridgehead atoms. The number of carbonyl (C=O) groups excluding carboxylic acids is 1. The lowest BCUT2D eigenvalue weighted by Gasteiger charge is -2.06. The number of thioether (sulfide) groups is 1. The molecule has 5 heteroatoms. The van der Waals surface area contributed by atoms with Crippen molar-refractivity contribution in [2.45, 2.75) is 5.75 Å². The van der Waals surface area contributed by atoms with Crippen LogP contribution in [-0.2, 0) is 20.0 Å². The van der Waals surface area contributed by atoms with Crippen molar-refractivity contribution in [1.29, 1.82) is 0 Å². The summed E-state index contributed by atoms with van der Waals surface area (Å²) in [6.07, 6.45) is 0. The number of ether oxygens (including phenoxy) is 3. The van der Waals surface area contributed by atoms with Crippen LogP contribution in [0, 0.1) is 0 Å². The first kappa shape index (κ1) is 13.9. The Morgan fingerprint density at radius 2 is 2.18 bits per heavy atom. The summed E-state index contributed by atoms with van der Waals surface area (Å²) >= 11 is 1.51. The van der Waals surface area contributed by atoms with Crippen molar-refractivity contribution in [3.05, 3.63) is 29.8 Å². The molecule has 0 fully saturated rings. The van der Waals surface area contributed by atoms with Gasteiger partial charge in [0.05, 0.1) is 12.9 Å². The van der Waals surface area contributed by atoms with E-state index in [0.29, 0.717) is 5.75 Å². The van der Waals surface area contributed by atoms with E-state index >= 15 is 0 Å². The second-order valence-corrected chi connectivity index (χ2v) is 4.25. The molecule has 1 aromatic carbocycles. The number of carbonyl (C=O) groups is 1. The van der Waals surface area contributed by atoms with Gasteiger partial charge in [-0.3, -0.25) is 4.79 Å². The van der Waals surface area contributed by atoms with Crippen LogP contribution < -0.4 is 4.74 Å². The Balaban J connectivity index is 2.40. The Morgan fingerprint density at radius 3 is 2.88 bits per heavy atom. The molecular formula is C12H16O4S. The second kappa shape index (κ2) is 7.97. The van der Waals surface area contributed by atoms with E-state index in [9.17, 15) is 4.79 Å². The van der Waals surface area contributed by atoms with Crippen LogP contribution in [0.4, 0.5) is 0 Å². The molecule has 0 amide bonds. The number of rotatable bonds is 7. The maximum absolute atomic E-state index is 10.9. The van der Waals surface area contributed by atoms with Crippen LogP contribution in [0.3, 0.4) is 0 Å². The van der Waals surface area contributed by atoms with E-state index in [1.165, 1.54) is 18.9 Å². The van der Waals surface area contributed by atoms with Crippen molar-refractivity contribution in [3.63, 3.8) is 0 Å². The normalized spacial score (nSPS) is 10.0. The Bertz CT molecular complexity index is 354. The van der Waals surface area contributed by atoms with Crippen molar-refractivity contribution in [2.75, 3.05) is 26.8 Å². The lowest BCUT2D eigenvalue weighted by atomic mass is 10.2. The van der Waals surface area contributed by atoms with Crippen LogP contribution in [0.25, 0.3) is 0 Å². The summed E-state index contributed by atoms with van der Waals surface area (Å²) in [5.41, 5.74) is 1.10. The SMILES string of the molecule is COCOc1cccc(CSCC(=O)OC)c1. The largest absolute Gasteiger partial charge is 0.468 e. The van der Waals surface area contributed by atoms with E-state index < -0.39 is 0 Å². The fourth-order valence-corrected chi connectivity index (χ4v) is 1.97. The third-order valence-electron chi connectivity index (χ3n) is 1.96. The predicted octanol–water partition coefficient (Wildman–Crippen LogP) is 2.08. The highest BCUT2D eigenvalue weighted by molar-refractivity contribution is 7.99. The summed E-state index contributed by atoms with van der Waals surface area (Å²) in [6, 6.07) is 7.71. The van der Waals surface area contributed by atoms with Crippen LogP contribution >= 0.6 is 11.8 Å². The topological polar surface area (TPSA) is 44.8 Å². The lowest BCUT2D eigenvalue weighted by Crippen LogP contribution is -2.03. The fraction of sp³-hybridized carbons (Fsp3) is 0.417. The first-order valence-corrected chi connectivity index (χ1v) is 6.27. The lowest BCUT2D eigenvalue weighted by molar-refractivity contribution is -0.137. The minimum atomic E-state index is -0.207. The zero-order valence-electron chi connectivity index (χ0n) is 9.97. The van der Waals surface area contributed by atoms with Gasteiger partial charge in [-0.05, 0) is 17.7 Å². The molecule has 0 atom stereocenters. The third kappa shape index (κ3) is 5.60. The number of benzene rings is 1.